The van der Waals surface area contributed by atoms with Crippen molar-refractivity contribution < 1.29 is 24.3 Å². The van der Waals surface area contributed by atoms with E-state index in [9.17, 15) is 19.2 Å². The number of hydrogen-bond acceptors (Lipinski definition) is 4. The minimum Gasteiger partial charge on any atom is -0.480 e. The first-order chi connectivity index (χ1) is 10.3. The van der Waals surface area contributed by atoms with Crippen LogP contribution in [0.1, 0.15) is 32.6 Å². The molecule has 120 valence electrons. The van der Waals surface area contributed by atoms with E-state index in [2.05, 4.69) is 5.32 Å². The average Bonchev–Trinajstić information content (AvgIpc) is 3.15. The summed E-state index contributed by atoms with van der Waals surface area (Å²) in [6.07, 6.45) is 2.79. The highest BCUT2D eigenvalue weighted by Crippen LogP contribution is 2.42. The second kappa shape index (κ2) is 4.96. The summed E-state index contributed by atoms with van der Waals surface area (Å²) >= 11 is 0. The van der Waals surface area contributed by atoms with Gasteiger partial charge < -0.3 is 15.3 Å². The first-order valence-electron chi connectivity index (χ1n) is 7.51. The van der Waals surface area contributed by atoms with Crippen LogP contribution in [0.3, 0.4) is 0 Å². The van der Waals surface area contributed by atoms with Crippen LogP contribution in [0, 0.1) is 5.92 Å². The Morgan fingerprint density at radius 3 is 2.59 bits per heavy atom. The number of amides is 4. The zero-order valence-corrected chi connectivity index (χ0v) is 12.4. The van der Waals surface area contributed by atoms with Crippen molar-refractivity contribution in [3.05, 3.63) is 0 Å². The van der Waals surface area contributed by atoms with Crippen LogP contribution >= 0.6 is 0 Å². The predicted molar refractivity (Wildman–Crippen MR) is 73.7 cm³/mol. The molecule has 3 fully saturated rings. The van der Waals surface area contributed by atoms with E-state index >= 15 is 0 Å². The Morgan fingerprint density at radius 1 is 1.32 bits per heavy atom. The van der Waals surface area contributed by atoms with Crippen molar-refractivity contribution in [1.82, 2.24) is 15.1 Å². The number of nitrogens with one attached hydrogen (secondary N) is 1. The van der Waals surface area contributed by atoms with E-state index < -0.39 is 36.0 Å². The Labute approximate surface area is 127 Å². The maximum absolute atomic E-state index is 12.4. The van der Waals surface area contributed by atoms with Crippen LogP contribution in [-0.4, -0.2) is 63.4 Å². The van der Waals surface area contributed by atoms with E-state index in [1.807, 2.05) is 0 Å². The number of urea groups is 1. The minimum absolute atomic E-state index is 0.127. The number of likely N-dealkylation sites (tertiary alicyclic amines) is 1. The normalized spacial score (nSPS) is 31.6. The van der Waals surface area contributed by atoms with Crippen molar-refractivity contribution in [2.24, 2.45) is 5.92 Å². The molecule has 3 aliphatic rings. The number of rotatable bonds is 4. The summed E-state index contributed by atoms with van der Waals surface area (Å²) in [6.45, 7) is 1.64. The summed E-state index contributed by atoms with van der Waals surface area (Å²) in [5.41, 5.74) is -0.922. The van der Waals surface area contributed by atoms with E-state index in [1.54, 1.807) is 6.92 Å². The van der Waals surface area contributed by atoms with Crippen LogP contribution in [0.4, 0.5) is 4.79 Å². The Hall–Kier alpha value is -2.12. The highest BCUT2D eigenvalue weighted by Gasteiger charge is 2.56. The summed E-state index contributed by atoms with van der Waals surface area (Å²) in [7, 11) is 0. The molecule has 2 saturated heterocycles. The number of carbonyl (C=O) groups is 4. The summed E-state index contributed by atoms with van der Waals surface area (Å²) in [5, 5.41) is 11.8. The molecule has 3 rings (SSSR count). The first-order valence-corrected chi connectivity index (χ1v) is 7.51. The van der Waals surface area contributed by atoms with Gasteiger partial charge in [-0.25, -0.2) is 9.59 Å². The Balaban J connectivity index is 1.70. The molecule has 2 atom stereocenters. The molecule has 0 spiro atoms. The van der Waals surface area contributed by atoms with E-state index in [1.165, 1.54) is 4.90 Å². The van der Waals surface area contributed by atoms with Crippen LogP contribution in [-0.2, 0) is 14.4 Å². The fourth-order valence-electron chi connectivity index (χ4n) is 3.34. The van der Waals surface area contributed by atoms with Gasteiger partial charge in [-0.2, -0.15) is 0 Å². The van der Waals surface area contributed by atoms with E-state index in [4.69, 9.17) is 5.11 Å². The maximum Gasteiger partial charge on any atom is 0.326 e. The molecule has 0 bridgehead atoms. The number of carboxylic acid groups (broad SMARTS) is 1. The van der Waals surface area contributed by atoms with Crippen molar-refractivity contribution in [1.29, 1.82) is 0 Å². The third kappa shape index (κ3) is 2.22. The molecule has 2 aliphatic heterocycles. The largest absolute Gasteiger partial charge is 0.480 e. The minimum atomic E-state index is -1.05. The van der Waals surface area contributed by atoms with E-state index in [0.717, 1.165) is 17.7 Å². The zero-order chi connectivity index (χ0) is 16.1. The Morgan fingerprint density at radius 2 is 2.00 bits per heavy atom. The van der Waals surface area contributed by atoms with Crippen LogP contribution in [0.15, 0.2) is 0 Å². The molecule has 8 nitrogen and oxygen atoms in total. The number of nitrogens with zero attached hydrogens (tertiary/aromatic N) is 2. The van der Waals surface area contributed by atoms with Crippen LogP contribution in [0.25, 0.3) is 0 Å². The van der Waals surface area contributed by atoms with Gasteiger partial charge >= 0.3 is 12.0 Å². The summed E-state index contributed by atoms with van der Waals surface area (Å²) in [5.74, 6) is -1.80. The monoisotopic (exact) mass is 309 g/mol. The molecule has 1 aliphatic carbocycles. The van der Waals surface area contributed by atoms with Gasteiger partial charge in [0, 0.05) is 6.54 Å². The number of hydrogen-bond donors (Lipinski definition) is 2. The van der Waals surface area contributed by atoms with Gasteiger partial charge in [-0.15, -0.1) is 0 Å². The average molecular weight is 309 g/mol. The molecular formula is C14H19N3O5. The topological polar surface area (TPSA) is 107 Å². The molecule has 2 heterocycles. The highest BCUT2D eigenvalue weighted by molar-refractivity contribution is 6.09. The molecule has 0 aromatic heterocycles. The number of imide groups is 1. The second-order valence-electron chi connectivity index (χ2n) is 6.38. The number of carbonyl (C=O) groups excluding carboxylic acids is 3. The lowest BCUT2D eigenvalue weighted by Crippen LogP contribution is -2.48. The fraction of sp³-hybridized carbons (Fsp3) is 0.714. The van der Waals surface area contributed by atoms with Crippen molar-refractivity contribution >= 4 is 23.8 Å². The zero-order valence-electron chi connectivity index (χ0n) is 12.4. The van der Waals surface area contributed by atoms with E-state index in [0.29, 0.717) is 19.4 Å². The van der Waals surface area contributed by atoms with Gasteiger partial charge in [-0.3, -0.25) is 14.5 Å². The lowest BCUT2D eigenvalue weighted by atomic mass is 9.96. The van der Waals surface area contributed by atoms with Gasteiger partial charge in [0.05, 0.1) is 0 Å². The quantitative estimate of drug-likeness (QED) is 0.698. The maximum atomic E-state index is 12.4. The standard InChI is InChI=1S/C14H19N3O5/c1-14(8-4-5-8)12(21)17(13(22)15-14)7-10(18)16-6-2-3-9(16)11(19)20/h8-9H,2-7H2,1H3,(H,15,22)(H,19,20). The van der Waals surface area contributed by atoms with Gasteiger partial charge in [0.1, 0.15) is 18.1 Å². The lowest BCUT2D eigenvalue weighted by molar-refractivity contribution is -0.149. The van der Waals surface area contributed by atoms with Gasteiger partial charge in [-0.1, -0.05) is 0 Å². The molecule has 0 radical (unpaired) electrons. The van der Waals surface area contributed by atoms with E-state index in [-0.39, 0.29) is 11.8 Å². The third-order valence-corrected chi connectivity index (χ3v) is 4.85. The van der Waals surface area contributed by atoms with Gasteiger partial charge in [0.25, 0.3) is 5.91 Å². The van der Waals surface area contributed by atoms with Gasteiger partial charge in [0.15, 0.2) is 0 Å². The fourth-order valence-corrected chi connectivity index (χ4v) is 3.34. The molecule has 4 amide bonds. The van der Waals surface area contributed by atoms with Gasteiger partial charge in [-0.05, 0) is 38.5 Å². The molecule has 2 unspecified atom stereocenters. The van der Waals surface area contributed by atoms with Crippen molar-refractivity contribution in [2.45, 2.75) is 44.2 Å². The highest BCUT2D eigenvalue weighted by atomic mass is 16.4. The van der Waals surface area contributed by atoms with Crippen LogP contribution < -0.4 is 5.32 Å². The predicted octanol–water partition coefficient (Wildman–Crippen LogP) is -0.217. The third-order valence-electron chi connectivity index (χ3n) is 4.85. The lowest BCUT2D eigenvalue weighted by Gasteiger charge is -2.24. The molecule has 0 aromatic rings. The number of aliphatic carboxylic acids is 1. The molecule has 22 heavy (non-hydrogen) atoms. The first kappa shape index (κ1) is 14.8. The smallest absolute Gasteiger partial charge is 0.326 e. The number of carboxylic acids is 1. The second-order valence-corrected chi connectivity index (χ2v) is 6.38. The Bertz CT molecular complexity index is 559. The summed E-state index contributed by atoms with van der Waals surface area (Å²) < 4.78 is 0. The van der Waals surface area contributed by atoms with Crippen molar-refractivity contribution in [3.8, 4) is 0 Å². The molecular weight excluding hydrogens is 290 g/mol. The van der Waals surface area contributed by atoms with Crippen LogP contribution in [0.2, 0.25) is 0 Å². The molecule has 0 aromatic carbocycles. The van der Waals surface area contributed by atoms with Crippen molar-refractivity contribution in [2.75, 3.05) is 13.1 Å². The van der Waals surface area contributed by atoms with Gasteiger partial charge in [0.2, 0.25) is 5.91 Å². The molecule has 1 saturated carbocycles. The summed E-state index contributed by atoms with van der Waals surface area (Å²) in [4.78, 5) is 50.0. The van der Waals surface area contributed by atoms with Crippen LogP contribution in [0.5, 0.6) is 0 Å². The molecule has 2 N–H and O–H groups in total. The molecule has 8 heteroatoms. The van der Waals surface area contributed by atoms with Crippen molar-refractivity contribution in [3.63, 3.8) is 0 Å². The summed E-state index contributed by atoms with van der Waals surface area (Å²) in [6, 6.07) is -1.43. The Kier molecular flexibility index (Phi) is 3.34. The SMILES string of the molecule is CC1(C2CC2)NC(=O)N(CC(=O)N2CCCC2C(=O)O)C1=O.